The van der Waals surface area contributed by atoms with E-state index in [2.05, 4.69) is 5.32 Å². The molecule has 24 heavy (non-hydrogen) atoms. The molecule has 0 aliphatic carbocycles. The van der Waals surface area contributed by atoms with Crippen LogP contribution >= 0.6 is 0 Å². The first-order chi connectivity index (χ1) is 11.5. The number of fused-ring (bicyclic) bond motifs is 1. The number of anilines is 1. The molecule has 8 heteroatoms. The Morgan fingerprint density at radius 1 is 1.25 bits per heavy atom. The van der Waals surface area contributed by atoms with Gasteiger partial charge < -0.3 is 15.3 Å². The number of carbonyl (C=O) groups is 1. The summed E-state index contributed by atoms with van der Waals surface area (Å²) in [5.74, 6) is -0.545. The number of amides is 1. The van der Waals surface area contributed by atoms with Gasteiger partial charge in [0.25, 0.3) is 11.2 Å². The zero-order chi connectivity index (χ0) is 17.7. The third kappa shape index (κ3) is 3.70. The average molecular weight is 329 g/mol. The number of nitriles is 1. The Balaban J connectivity index is 2.52. The molecule has 0 saturated heterocycles. The summed E-state index contributed by atoms with van der Waals surface area (Å²) in [5, 5.41) is 36.3. The van der Waals surface area contributed by atoms with Crippen LogP contribution in [0.5, 0.6) is 0 Å². The number of rotatable bonds is 6. The normalized spacial score (nSPS) is 10.8. The Hall–Kier alpha value is -2.92. The van der Waals surface area contributed by atoms with Crippen LogP contribution in [0.3, 0.4) is 0 Å². The summed E-state index contributed by atoms with van der Waals surface area (Å²) in [5.41, 5.74) is 0.621. The van der Waals surface area contributed by atoms with Gasteiger partial charge >= 0.3 is 11.7 Å². The van der Waals surface area contributed by atoms with Crippen molar-refractivity contribution in [1.29, 1.82) is 5.26 Å². The topological polar surface area (TPSA) is 110 Å². The Morgan fingerprint density at radius 3 is 2.46 bits per heavy atom. The molecule has 1 heterocycles. The molecule has 0 radical (unpaired) electrons. The van der Waals surface area contributed by atoms with Gasteiger partial charge in [0.05, 0.1) is 18.9 Å². The van der Waals surface area contributed by atoms with Gasteiger partial charge in [-0.3, -0.25) is 0 Å². The SMILES string of the molecule is CN(C)CCc1c(NC(=O)CCC#N)[n+]([O-])c2ccccc2[n+]1[O-]. The maximum absolute atomic E-state index is 12.7. The summed E-state index contributed by atoms with van der Waals surface area (Å²) >= 11 is 0. The van der Waals surface area contributed by atoms with Crippen LogP contribution in [-0.2, 0) is 11.2 Å². The Bertz CT molecular complexity index is 798. The highest BCUT2D eigenvalue weighted by molar-refractivity contribution is 5.90. The third-order valence-electron chi connectivity index (χ3n) is 3.56. The summed E-state index contributed by atoms with van der Waals surface area (Å²) in [6.45, 7) is 0.543. The van der Waals surface area contributed by atoms with Crippen LogP contribution < -0.4 is 14.8 Å². The van der Waals surface area contributed by atoms with E-state index >= 15 is 0 Å². The number of benzene rings is 1. The highest BCUT2D eigenvalue weighted by Gasteiger charge is 2.28. The van der Waals surface area contributed by atoms with Gasteiger partial charge in [-0.05, 0) is 20.2 Å². The predicted octanol–water partition coefficient (Wildman–Crippen LogP) is 0.453. The largest absolute Gasteiger partial charge is 0.710 e. The molecular weight excluding hydrogens is 310 g/mol. The fraction of sp³-hybridized carbons (Fsp3) is 0.375. The second kappa shape index (κ2) is 7.57. The molecule has 1 aromatic carbocycles. The smallest absolute Gasteiger partial charge is 0.355 e. The molecule has 1 amide bonds. The summed E-state index contributed by atoms with van der Waals surface area (Å²) in [6, 6.07) is 8.30. The van der Waals surface area contributed by atoms with Crippen molar-refractivity contribution in [2.75, 3.05) is 26.0 Å². The van der Waals surface area contributed by atoms with Gasteiger partial charge in [-0.1, -0.05) is 12.1 Å². The minimum absolute atomic E-state index is 0.0324. The van der Waals surface area contributed by atoms with E-state index < -0.39 is 5.91 Å². The number of nitrogens with one attached hydrogen (secondary N) is 1. The van der Waals surface area contributed by atoms with E-state index in [1.807, 2.05) is 25.1 Å². The Kier molecular flexibility index (Phi) is 5.50. The van der Waals surface area contributed by atoms with E-state index in [0.717, 1.165) is 0 Å². The zero-order valence-corrected chi connectivity index (χ0v) is 13.7. The van der Waals surface area contributed by atoms with E-state index in [-0.39, 0.29) is 35.4 Å². The molecule has 0 bridgehead atoms. The standard InChI is InChI=1S/C16H19N5O3/c1-19(2)11-9-14-16(18-15(22)8-5-10-17)21(24)13-7-4-3-6-12(13)20(14)23/h3-4,6-7H,5,8-9,11H2,1-2H3,(H,18,22). The predicted molar refractivity (Wildman–Crippen MR) is 87.6 cm³/mol. The van der Waals surface area contributed by atoms with Gasteiger partial charge in [0.1, 0.15) is 0 Å². The minimum atomic E-state index is -0.470. The van der Waals surface area contributed by atoms with Gasteiger partial charge in [0, 0.05) is 19.0 Å². The van der Waals surface area contributed by atoms with Crippen molar-refractivity contribution in [2.45, 2.75) is 19.3 Å². The fourth-order valence-electron chi connectivity index (χ4n) is 2.32. The van der Waals surface area contributed by atoms with Crippen LogP contribution in [0, 0.1) is 21.7 Å². The summed E-state index contributed by atoms with van der Waals surface area (Å²) in [7, 11) is 3.71. The van der Waals surface area contributed by atoms with Crippen LogP contribution in [0.25, 0.3) is 11.0 Å². The lowest BCUT2D eigenvalue weighted by atomic mass is 10.2. The van der Waals surface area contributed by atoms with Crippen molar-refractivity contribution < 1.29 is 14.3 Å². The van der Waals surface area contributed by atoms with Crippen molar-refractivity contribution in [3.05, 3.63) is 40.4 Å². The minimum Gasteiger partial charge on any atom is -0.710 e. The molecule has 1 N–H and O–H groups in total. The van der Waals surface area contributed by atoms with Crippen molar-refractivity contribution in [2.24, 2.45) is 0 Å². The van der Waals surface area contributed by atoms with Crippen molar-refractivity contribution in [3.8, 4) is 6.07 Å². The number of hydrogen-bond donors (Lipinski definition) is 1. The van der Waals surface area contributed by atoms with Gasteiger partial charge in [-0.15, -0.1) is 0 Å². The van der Waals surface area contributed by atoms with Crippen molar-refractivity contribution in [3.63, 3.8) is 0 Å². The van der Waals surface area contributed by atoms with Crippen LogP contribution in [-0.4, -0.2) is 31.4 Å². The molecule has 0 aliphatic rings. The molecule has 2 rings (SSSR count). The first kappa shape index (κ1) is 17.4. The molecule has 0 spiro atoms. The molecule has 0 atom stereocenters. The van der Waals surface area contributed by atoms with Gasteiger partial charge in [0.2, 0.25) is 5.52 Å². The van der Waals surface area contributed by atoms with Gasteiger partial charge in [0.15, 0.2) is 0 Å². The first-order valence-electron chi connectivity index (χ1n) is 7.54. The number of para-hydroxylation sites is 2. The maximum atomic E-state index is 12.7. The molecular formula is C16H19N5O3. The van der Waals surface area contributed by atoms with E-state index in [0.29, 0.717) is 22.4 Å². The fourth-order valence-corrected chi connectivity index (χ4v) is 2.32. The lowest BCUT2D eigenvalue weighted by Gasteiger charge is -2.16. The number of aromatic nitrogens is 2. The van der Waals surface area contributed by atoms with Crippen LogP contribution in [0.15, 0.2) is 24.3 Å². The van der Waals surface area contributed by atoms with E-state index in [9.17, 15) is 15.2 Å². The van der Waals surface area contributed by atoms with Gasteiger partial charge in [-0.2, -0.15) is 9.99 Å². The van der Waals surface area contributed by atoms with Crippen LogP contribution in [0.1, 0.15) is 18.5 Å². The maximum Gasteiger partial charge on any atom is 0.355 e. The first-order valence-corrected chi connectivity index (χ1v) is 7.54. The molecule has 8 nitrogen and oxygen atoms in total. The number of hydrogen-bond acceptors (Lipinski definition) is 5. The van der Waals surface area contributed by atoms with E-state index in [1.54, 1.807) is 18.2 Å². The molecule has 0 fully saturated rings. The monoisotopic (exact) mass is 329 g/mol. The highest BCUT2D eigenvalue weighted by atomic mass is 16.5. The van der Waals surface area contributed by atoms with Crippen molar-refractivity contribution in [1.82, 2.24) is 4.90 Å². The highest BCUT2D eigenvalue weighted by Crippen LogP contribution is 2.14. The Morgan fingerprint density at radius 2 is 1.88 bits per heavy atom. The number of carbonyl (C=O) groups excluding carboxylic acids is 1. The number of nitrogens with zero attached hydrogens (tertiary/aromatic N) is 4. The van der Waals surface area contributed by atoms with Crippen molar-refractivity contribution >= 4 is 22.8 Å². The molecule has 1 aromatic heterocycles. The van der Waals surface area contributed by atoms with E-state index in [4.69, 9.17) is 5.26 Å². The molecule has 0 saturated carbocycles. The lowest BCUT2D eigenvalue weighted by Crippen LogP contribution is -2.46. The summed E-state index contributed by atoms with van der Waals surface area (Å²) < 4.78 is 1.26. The summed E-state index contributed by atoms with van der Waals surface area (Å²) in [4.78, 5) is 13.8. The van der Waals surface area contributed by atoms with Crippen LogP contribution in [0.2, 0.25) is 0 Å². The van der Waals surface area contributed by atoms with E-state index in [1.165, 1.54) is 6.07 Å². The van der Waals surface area contributed by atoms with Gasteiger partial charge in [-0.25, -0.2) is 14.8 Å². The molecule has 2 aromatic rings. The quantitative estimate of drug-likeness (QED) is 0.611. The number of likely N-dealkylation sites (N-methyl/N-ethyl adjacent to an activating group) is 1. The second-order valence-corrected chi connectivity index (χ2v) is 5.63. The average Bonchev–Trinajstić information content (AvgIpc) is 2.57. The molecule has 0 unspecified atom stereocenters. The lowest BCUT2D eigenvalue weighted by molar-refractivity contribution is -0.624. The summed E-state index contributed by atoms with van der Waals surface area (Å²) in [6.07, 6.45) is 0.315. The third-order valence-corrected chi connectivity index (χ3v) is 3.56. The molecule has 126 valence electrons. The second-order valence-electron chi connectivity index (χ2n) is 5.63. The zero-order valence-electron chi connectivity index (χ0n) is 13.7. The van der Waals surface area contributed by atoms with Crippen LogP contribution in [0.4, 0.5) is 5.82 Å². The Labute approximate surface area is 139 Å². The molecule has 0 aliphatic heterocycles.